The van der Waals surface area contributed by atoms with Gasteiger partial charge < -0.3 is 4.90 Å². The van der Waals surface area contributed by atoms with Gasteiger partial charge in [0.2, 0.25) is 0 Å². The van der Waals surface area contributed by atoms with Gasteiger partial charge in [-0.05, 0) is 44.5 Å². The minimum Gasteiger partial charge on any atom is -0.372 e. The maximum atomic E-state index is 12.4. The zero-order valence-corrected chi connectivity index (χ0v) is 10.7. The summed E-state index contributed by atoms with van der Waals surface area (Å²) < 4.78 is 12.4. The highest BCUT2D eigenvalue weighted by molar-refractivity contribution is 6.30. The Hall–Kier alpha value is -0.800. The SMILES string of the molecule is CCN(CC)c1cc(Cl)cc(C(C)NF)c1. The van der Waals surface area contributed by atoms with Gasteiger partial charge in [0.25, 0.3) is 0 Å². The van der Waals surface area contributed by atoms with Crippen molar-refractivity contribution in [2.75, 3.05) is 18.0 Å². The number of benzene rings is 1. The lowest BCUT2D eigenvalue weighted by Crippen LogP contribution is -2.22. The summed E-state index contributed by atoms with van der Waals surface area (Å²) in [6, 6.07) is 5.32. The predicted molar refractivity (Wildman–Crippen MR) is 67.7 cm³/mol. The number of nitrogens with one attached hydrogen (secondary N) is 1. The molecule has 1 N–H and O–H groups in total. The molecule has 0 aliphatic carbocycles. The number of rotatable bonds is 5. The zero-order chi connectivity index (χ0) is 12.1. The number of hydrogen-bond acceptors (Lipinski definition) is 2. The minimum absolute atomic E-state index is 0.340. The van der Waals surface area contributed by atoms with Crippen LogP contribution < -0.4 is 10.4 Å². The molecule has 0 amide bonds. The molecule has 0 fully saturated rings. The van der Waals surface area contributed by atoms with Crippen molar-refractivity contribution in [3.8, 4) is 0 Å². The van der Waals surface area contributed by atoms with Crippen LogP contribution in [0.25, 0.3) is 0 Å². The van der Waals surface area contributed by atoms with Crippen LogP contribution in [0.2, 0.25) is 5.02 Å². The van der Waals surface area contributed by atoms with Gasteiger partial charge in [0.05, 0.1) is 6.04 Å². The Kier molecular flexibility index (Phi) is 5.03. The summed E-state index contributed by atoms with van der Waals surface area (Å²) in [6.07, 6.45) is 0. The van der Waals surface area contributed by atoms with Gasteiger partial charge in [-0.15, -0.1) is 4.48 Å². The van der Waals surface area contributed by atoms with E-state index in [0.717, 1.165) is 24.3 Å². The lowest BCUT2D eigenvalue weighted by atomic mass is 10.1. The first-order chi connectivity index (χ1) is 7.62. The lowest BCUT2D eigenvalue weighted by Gasteiger charge is -2.22. The van der Waals surface area contributed by atoms with Crippen molar-refractivity contribution < 1.29 is 4.48 Å². The molecule has 90 valence electrons. The van der Waals surface area contributed by atoms with Crippen LogP contribution in [0.3, 0.4) is 0 Å². The molecule has 1 rings (SSSR count). The van der Waals surface area contributed by atoms with Crippen molar-refractivity contribution in [1.29, 1.82) is 0 Å². The second kappa shape index (κ2) is 6.06. The Balaban J connectivity index is 3.06. The van der Waals surface area contributed by atoms with Crippen molar-refractivity contribution in [3.63, 3.8) is 0 Å². The minimum atomic E-state index is -0.340. The highest BCUT2D eigenvalue weighted by Gasteiger charge is 2.09. The van der Waals surface area contributed by atoms with Crippen LogP contribution in [0.1, 0.15) is 32.4 Å². The maximum absolute atomic E-state index is 12.4. The van der Waals surface area contributed by atoms with E-state index in [0.29, 0.717) is 5.02 Å². The Morgan fingerprint density at radius 2 is 1.94 bits per heavy atom. The summed E-state index contributed by atoms with van der Waals surface area (Å²) >= 11 is 6.03. The highest BCUT2D eigenvalue weighted by atomic mass is 35.5. The van der Waals surface area contributed by atoms with Crippen LogP contribution in [0.15, 0.2) is 18.2 Å². The second-order valence-corrected chi connectivity index (χ2v) is 4.18. The van der Waals surface area contributed by atoms with Crippen molar-refractivity contribution >= 4 is 17.3 Å². The predicted octanol–water partition coefficient (Wildman–Crippen LogP) is 3.72. The van der Waals surface area contributed by atoms with Gasteiger partial charge in [0, 0.05) is 23.8 Å². The van der Waals surface area contributed by atoms with Crippen molar-refractivity contribution in [2.24, 2.45) is 0 Å². The third-order valence-electron chi connectivity index (χ3n) is 2.70. The average Bonchev–Trinajstić information content (AvgIpc) is 2.29. The Morgan fingerprint density at radius 3 is 2.44 bits per heavy atom. The molecule has 1 unspecified atom stereocenters. The molecule has 0 heterocycles. The fourth-order valence-electron chi connectivity index (χ4n) is 1.68. The Morgan fingerprint density at radius 1 is 1.31 bits per heavy atom. The summed E-state index contributed by atoms with van der Waals surface area (Å²) in [5, 5.41) is 0.640. The summed E-state index contributed by atoms with van der Waals surface area (Å²) in [6.45, 7) is 7.75. The highest BCUT2D eigenvalue weighted by Crippen LogP contribution is 2.26. The summed E-state index contributed by atoms with van der Waals surface area (Å²) in [4.78, 5) is 2.18. The van der Waals surface area contributed by atoms with Crippen molar-refractivity contribution in [2.45, 2.75) is 26.8 Å². The third-order valence-corrected chi connectivity index (χ3v) is 2.92. The van der Waals surface area contributed by atoms with Crippen LogP contribution in [0, 0.1) is 0 Å². The molecule has 0 aliphatic heterocycles. The van der Waals surface area contributed by atoms with Crippen molar-refractivity contribution in [3.05, 3.63) is 28.8 Å². The van der Waals surface area contributed by atoms with E-state index in [4.69, 9.17) is 11.6 Å². The molecule has 0 radical (unpaired) electrons. The van der Waals surface area contributed by atoms with E-state index in [-0.39, 0.29) is 6.04 Å². The average molecular weight is 245 g/mol. The summed E-state index contributed by atoms with van der Waals surface area (Å²) in [5.41, 5.74) is 3.63. The maximum Gasteiger partial charge on any atom is 0.0594 e. The molecular weight excluding hydrogens is 227 g/mol. The van der Waals surface area contributed by atoms with Gasteiger partial charge >= 0.3 is 0 Å². The molecule has 0 saturated heterocycles. The molecule has 2 nitrogen and oxygen atoms in total. The molecule has 0 bridgehead atoms. The van der Waals surface area contributed by atoms with Crippen molar-refractivity contribution in [1.82, 2.24) is 5.54 Å². The monoisotopic (exact) mass is 244 g/mol. The quantitative estimate of drug-likeness (QED) is 0.795. The van der Waals surface area contributed by atoms with E-state index in [1.807, 2.05) is 12.1 Å². The topological polar surface area (TPSA) is 15.3 Å². The smallest absolute Gasteiger partial charge is 0.0594 e. The zero-order valence-electron chi connectivity index (χ0n) is 9.93. The molecule has 0 aliphatic rings. The summed E-state index contributed by atoms with van der Waals surface area (Å²) in [7, 11) is 0. The van der Waals surface area contributed by atoms with Gasteiger partial charge in [0.15, 0.2) is 0 Å². The molecular formula is C12H18ClFN2. The largest absolute Gasteiger partial charge is 0.372 e. The number of nitrogens with zero attached hydrogens (tertiary/aromatic N) is 1. The van der Waals surface area contributed by atoms with E-state index in [9.17, 15) is 4.48 Å². The number of anilines is 1. The van der Waals surface area contributed by atoms with Crippen LogP contribution in [-0.4, -0.2) is 13.1 Å². The first-order valence-electron chi connectivity index (χ1n) is 5.53. The molecule has 1 aromatic carbocycles. The molecule has 1 aromatic rings. The fraction of sp³-hybridized carbons (Fsp3) is 0.500. The first kappa shape index (κ1) is 13.3. The Labute approximate surface area is 101 Å². The number of hydrogen-bond donors (Lipinski definition) is 1. The summed E-state index contributed by atoms with van der Waals surface area (Å²) in [5.74, 6) is 0. The van der Waals surface area contributed by atoms with Gasteiger partial charge in [-0.3, -0.25) is 0 Å². The lowest BCUT2D eigenvalue weighted by molar-refractivity contribution is 0.285. The fourth-order valence-corrected chi connectivity index (χ4v) is 1.92. The number of halogens is 2. The third kappa shape index (κ3) is 3.09. The molecule has 0 saturated carbocycles. The van der Waals surface area contributed by atoms with Crippen LogP contribution >= 0.6 is 11.6 Å². The van der Waals surface area contributed by atoms with E-state index >= 15 is 0 Å². The van der Waals surface area contributed by atoms with Gasteiger partial charge in [0.1, 0.15) is 0 Å². The van der Waals surface area contributed by atoms with E-state index < -0.39 is 0 Å². The first-order valence-corrected chi connectivity index (χ1v) is 5.91. The normalized spacial score (nSPS) is 12.6. The molecule has 1 atom stereocenters. The van der Waals surface area contributed by atoms with Crippen LogP contribution in [0.5, 0.6) is 0 Å². The van der Waals surface area contributed by atoms with Gasteiger partial charge in [-0.2, -0.15) is 5.54 Å². The van der Waals surface area contributed by atoms with E-state index in [1.54, 1.807) is 18.5 Å². The van der Waals surface area contributed by atoms with E-state index in [1.165, 1.54) is 0 Å². The molecule has 16 heavy (non-hydrogen) atoms. The molecule has 4 heteroatoms. The Bertz CT molecular complexity index is 340. The molecule has 0 aromatic heterocycles. The molecule has 0 spiro atoms. The van der Waals surface area contributed by atoms with Gasteiger partial charge in [-0.25, -0.2) is 0 Å². The standard InChI is InChI=1S/C12H18ClFN2/c1-4-16(5-2)12-7-10(9(3)15-14)6-11(13)8-12/h6-9,15H,4-5H2,1-3H3. The van der Waals surface area contributed by atoms with Crippen LogP contribution in [-0.2, 0) is 0 Å². The second-order valence-electron chi connectivity index (χ2n) is 3.75. The van der Waals surface area contributed by atoms with Gasteiger partial charge in [-0.1, -0.05) is 11.6 Å². The van der Waals surface area contributed by atoms with E-state index in [2.05, 4.69) is 18.7 Å². The van der Waals surface area contributed by atoms with Crippen LogP contribution in [0.4, 0.5) is 10.2 Å².